The Hall–Kier alpha value is -3.49. The van der Waals surface area contributed by atoms with Crippen molar-refractivity contribution in [3.05, 3.63) is 72.1 Å². The van der Waals surface area contributed by atoms with E-state index in [1.807, 2.05) is 12.1 Å². The summed E-state index contributed by atoms with van der Waals surface area (Å²) in [7, 11) is -3.23. The zero-order valence-electron chi connectivity index (χ0n) is 21.7. The molecule has 2 aromatic carbocycles. The average Bonchev–Trinajstić information content (AvgIpc) is 3.19. The van der Waals surface area contributed by atoms with Crippen molar-refractivity contribution in [1.82, 2.24) is 9.97 Å². The van der Waals surface area contributed by atoms with Crippen LogP contribution in [0.3, 0.4) is 0 Å². The van der Waals surface area contributed by atoms with Crippen LogP contribution in [-0.4, -0.2) is 43.8 Å². The molecule has 1 saturated heterocycles. The molecule has 1 aliphatic carbocycles. The minimum absolute atomic E-state index is 0.211. The molecule has 4 aromatic rings. The van der Waals surface area contributed by atoms with E-state index in [2.05, 4.69) is 33.4 Å². The number of aromatic nitrogens is 2. The lowest BCUT2D eigenvalue weighted by Gasteiger charge is -2.25. The first-order valence-electron chi connectivity index (χ1n) is 13.3. The number of anilines is 3. The molecule has 6 rings (SSSR count). The molecule has 0 radical (unpaired) electrons. The molecule has 0 unspecified atom stereocenters. The van der Waals surface area contributed by atoms with Crippen molar-refractivity contribution in [2.75, 3.05) is 29.6 Å². The van der Waals surface area contributed by atoms with Gasteiger partial charge in [-0.2, -0.15) is 0 Å². The van der Waals surface area contributed by atoms with Crippen molar-refractivity contribution < 1.29 is 8.42 Å². The van der Waals surface area contributed by atoms with Crippen LogP contribution in [-0.2, 0) is 22.7 Å². The van der Waals surface area contributed by atoms with Crippen molar-refractivity contribution in [2.45, 2.75) is 49.5 Å². The van der Waals surface area contributed by atoms with Crippen LogP contribution in [0.4, 0.5) is 17.2 Å². The fraction of sp³-hybridized carbons (Fsp3) is 0.333. The maximum Gasteiger partial charge on any atom is 0.175 e. The number of hydrogen-bond donors (Lipinski definition) is 2. The summed E-state index contributed by atoms with van der Waals surface area (Å²) in [6.45, 7) is 1.87. The summed E-state index contributed by atoms with van der Waals surface area (Å²) in [5.74, 6) is 0.695. The Morgan fingerprint density at radius 3 is 2.53 bits per heavy atom. The van der Waals surface area contributed by atoms with Gasteiger partial charge in [0.05, 0.1) is 16.1 Å². The molecule has 3 N–H and O–H groups in total. The first-order valence-corrected chi connectivity index (χ1v) is 15.2. The van der Waals surface area contributed by atoms with Crippen LogP contribution in [0.1, 0.15) is 36.9 Å². The van der Waals surface area contributed by atoms with Gasteiger partial charge in [-0.05, 0) is 97.3 Å². The summed E-state index contributed by atoms with van der Waals surface area (Å²) < 4.78 is 23.5. The molecule has 7 nitrogen and oxygen atoms in total. The SMILES string of the molecule is CS(=O)(=O)c1ccc(Nc2cc(-c3ccc4nc5c(c(N6CC[C@H](N)C6)c4c3)CCCCC5)ccn2)cc1. The quantitative estimate of drug-likeness (QED) is 0.342. The predicted octanol–water partition coefficient (Wildman–Crippen LogP) is 5.25. The fourth-order valence-electron chi connectivity index (χ4n) is 5.72. The Bertz CT molecular complexity index is 1600. The Kier molecular flexibility index (Phi) is 6.53. The first kappa shape index (κ1) is 24.8. The lowest BCUT2D eigenvalue weighted by Crippen LogP contribution is -2.27. The smallest absolute Gasteiger partial charge is 0.175 e. The molecule has 2 aliphatic rings. The van der Waals surface area contributed by atoms with Crippen LogP contribution in [0, 0.1) is 0 Å². The minimum Gasteiger partial charge on any atom is -0.369 e. The number of fused-ring (bicyclic) bond motifs is 2. The van der Waals surface area contributed by atoms with Gasteiger partial charge < -0.3 is 16.0 Å². The second-order valence-corrected chi connectivity index (χ2v) is 12.5. The van der Waals surface area contributed by atoms with E-state index < -0.39 is 9.84 Å². The van der Waals surface area contributed by atoms with Gasteiger partial charge in [-0.15, -0.1) is 0 Å². The zero-order valence-corrected chi connectivity index (χ0v) is 22.5. The van der Waals surface area contributed by atoms with E-state index in [4.69, 9.17) is 10.7 Å². The van der Waals surface area contributed by atoms with E-state index in [1.165, 1.54) is 47.8 Å². The third-order valence-corrected chi connectivity index (χ3v) is 8.80. The molecule has 8 heteroatoms. The standard InChI is InChI=1S/C30H33N5O2S/c1-38(36,37)24-10-8-23(9-11-24)33-29-18-21(13-15-32-29)20-7-12-28-26(17-20)30(35-16-14-22(31)19-35)25-5-3-2-4-6-27(25)34-28/h7-13,15,17-18,22H,2-6,14,16,19,31H2,1H3,(H,32,33)/t22-/m0/s1. The van der Waals surface area contributed by atoms with Gasteiger partial charge in [0, 0.05) is 48.4 Å². The van der Waals surface area contributed by atoms with Gasteiger partial charge in [0.1, 0.15) is 5.82 Å². The molecule has 0 spiro atoms. The summed E-state index contributed by atoms with van der Waals surface area (Å²) in [5, 5.41) is 4.49. The highest BCUT2D eigenvalue weighted by atomic mass is 32.2. The van der Waals surface area contributed by atoms with Crippen LogP contribution in [0.25, 0.3) is 22.0 Å². The van der Waals surface area contributed by atoms with Gasteiger partial charge in [-0.3, -0.25) is 4.98 Å². The van der Waals surface area contributed by atoms with Crippen molar-refractivity contribution in [2.24, 2.45) is 5.73 Å². The number of rotatable bonds is 5. The van der Waals surface area contributed by atoms with Crippen molar-refractivity contribution in [3.8, 4) is 11.1 Å². The van der Waals surface area contributed by atoms with Crippen LogP contribution < -0.4 is 16.0 Å². The van der Waals surface area contributed by atoms with E-state index >= 15 is 0 Å². The maximum atomic E-state index is 11.8. The Morgan fingerprint density at radius 1 is 0.974 bits per heavy atom. The van der Waals surface area contributed by atoms with E-state index in [0.29, 0.717) is 10.7 Å². The molecule has 0 saturated carbocycles. The van der Waals surface area contributed by atoms with Crippen LogP contribution in [0.15, 0.2) is 65.7 Å². The Labute approximate surface area is 224 Å². The average molecular weight is 528 g/mol. The third-order valence-electron chi connectivity index (χ3n) is 7.67. The molecular formula is C30H33N5O2S. The highest BCUT2D eigenvalue weighted by Gasteiger charge is 2.26. The number of benzene rings is 2. The predicted molar refractivity (Wildman–Crippen MR) is 154 cm³/mol. The van der Waals surface area contributed by atoms with Crippen molar-refractivity contribution >= 4 is 37.9 Å². The topological polar surface area (TPSA) is 101 Å². The molecule has 1 atom stereocenters. The zero-order chi connectivity index (χ0) is 26.3. The lowest BCUT2D eigenvalue weighted by molar-refractivity contribution is 0.602. The van der Waals surface area contributed by atoms with Crippen molar-refractivity contribution in [1.29, 1.82) is 0 Å². The van der Waals surface area contributed by atoms with Crippen LogP contribution in [0.2, 0.25) is 0 Å². The molecule has 0 bridgehead atoms. The van der Waals surface area contributed by atoms with Gasteiger partial charge in [0.15, 0.2) is 9.84 Å². The lowest BCUT2D eigenvalue weighted by atomic mass is 9.97. The molecule has 1 aliphatic heterocycles. The van der Waals surface area contributed by atoms with Gasteiger partial charge in [-0.1, -0.05) is 12.5 Å². The number of nitrogens with two attached hydrogens (primary N) is 1. The molecule has 3 heterocycles. The highest BCUT2D eigenvalue weighted by Crippen LogP contribution is 2.39. The third kappa shape index (κ3) is 4.98. The summed E-state index contributed by atoms with van der Waals surface area (Å²) in [4.78, 5) is 12.4. The summed E-state index contributed by atoms with van der Waals surface area (Å²) in [6.07, 6.45) is 9.80. The second-order valence-electron chi connectivity index (χ2n) is 10.5. The van der Waals surface area contributed by atoms with Gasteiger partial charge in [0.25, 0.3) is 0 Å². The number of nitrogens with zero attached hydrogens (tertiary/aromatic N) is 3. The van der Waals surface area contributed by atoms with E-state index in [1.54, 1.807) is 30.5 Å². The van der Waals surface area contributed by atoms with Gasteiger partial charge >= 0.3 is 0 Å². The summed E-state index contributed by atoms with van der Waals surface area (Å²) in [5.41, 5.74) is 14.3. The van der Waals surface area contributed by atoms with Gasteiger partial charge in [-0.25, -0.2) is 13.4 Å². The summed E-state index contributed by atoms with van der Waals surface area (Å²) in [6, 6.07) is 17.5. The number of pyridine rings is 2. The van der Waals surface area contributed by atoms with E-state index in [9.17, 15) is 8.42 Å². The molecular weight excluding hydrogens is 494 g/mol. The monoisotopic (exact) mass is 527 g/mol. The number of nitrogens with one attached hydrogen (secondary N) is 1. The maximum absolute atomic E-state index is 11.8. The molecule has 196 valence electrons. The fourth-order valence-corrected chi connectivity index (χ4v) is 6.35. The van der Waals surface area contributed by atoms with Crippen LogP contribution in [0.5, 0.6) is 0 Å². The second kappa shape index (κ2) is 10.0. The van der Waals surface area contributed by atoms with E-state index in [-0.39, 0.29) is 6.04 Å². The summed E-state index contributed by atoms with van der Waals surface area (Å²) >= 11 is 0. The van der Waals surface area contributed by atoms with Gasteiger partial charge in [0.2, 0.25) is 0 Å². The Balaban J connectivity index is 1.38. The molecule has 0 amide bonds. The first-order chi connectivity index (χ1) is 18.3. The Morgan fingerprint density at radius 2 is 1.76 bits per heavy atom. The minimum atomic E-state index is -3.23. The molecule has 1 fully saturated rings. The number of aryl methyl sites for hydroxylation is 1. The highest BCUT2D eigenvalue weighted by molar-refractivity contribution is 7.90. The van der Waals surface area contributed by atoms with Crippen molar-refractivity contribution in [3.63, 3.8) is 0 Å². The normalized spacial score (nSPS) is 17.8. The number of hydrogen-bond acceptors (Lipinski definition) is 7. The van der Waals surface area contributed by atoms with Crippen LogP contribution >= 0.6 is 0 Å². The largest absolute Gasteiger partial charge is 0.369 e. The molecule has 38 heavy (non-hydrogen) atoms. The van der Waals surface area contributed by atoms with E-state index in [0.717, 1.165) is 54.7 Å². The molecule has 2 aromatic heterocycles. The number of sulfone groups is 1.